The van der Waals surface area contributed by atoms with Crippen LogP contribution < -0.4 is 5.32 Å². The summed E-state index contributed by atoms with van der Waals surface area (Å²) in [5.74, 6) is -1.29. The summed E-state index contributed by atoms with van der Waals surface area (Å²) in [7, 11) is 0. The Labute approximate surface area is 123 Å². The number of rotatable bonds is 4. The molecule has 0 aliphatic rings. The normalized spacial score (nSPS) is 11.0. The number of benzene rings is 2. The maximum absolute atomic E-state index is 12.7. The molecule has 114 valence electrons. The minimum atomic E-state index is -4.49. The first-order chi connectivity index (χ1) is 10.3. The lowest BCUT2D eigenvalue weighted by Crippen LogP contribution is -2.07. The average molecular weight is 309 g/mol. The van der Waals surface area contributed by atoms with Gasteiger partial charge in [0.1, 0.15) is 6.29 Å². The molecule has 0 heterocycles. The van der Waals surface area contributed by atoms with Crippen molar-refractivity contribution in [3.05, 3.63) is 59.2 Å². The van der Waals surface area contributed by atoms with E-state index in [1.807, 2.05) is 0 Å². The number of carbonyl (C=O) groups excluding carboxylic acids is 1. The van der Waals surface area contributed by atoms with E-state index in [0.717, 1.165) is 18.2 Å². The van der Waals surface area contributed by atoms with E-state index < -0.39 is 17.7 Å². The molecule has 0 fully saturated rings. The van der Waals surface area contributed by atoms with Crippen LogP contribution in [0.5, 0.6) is 0 Å². The number of alkyl halides is 3. The Morgan fingerprint density at radius 3 is 2.45 bits per heavy atom. The molecule has 2 aromatic carbocycles. The van der Waals surface area contributed by atoms with Crippen molar-refractivity contribution < 1.29 is 27.9 Å². The molecular formula is C15H10F3NO3. The van der Waals surface area contributed by atoms with Crippen LogP contribution in [0.4, 0.5) is 24.5 Å². The van der Waals surface area contributed by atoms with Crippen molar-refractivity contribution >= 4 is 23.6 Å². The second kappa shape index (κ2) is 5.88. The Bertz CT molecular complexity index is 726. The van der Waals surface area contributed by atoms with Crippen LogP contribution in [0.25, 0.3) is 0 Å². The van der Waals surface area contributed by atoms with Gasteiger partial charge in [0, 0.05) is 11.3 Å². The number of carboxylic acids is 1. The van der Waals surface area contributed by atoms with Gasteiger partial charge >= 0.3 is 12.1 Å². The molecule has 2 rings (SSSR count). The molecule has 0 saturated carbocycles. The fourth-order valence-electron chi connectivity index (χ4n) is 1.85. The van der Waals surface area contributed by atoms with E-state index in [9.17, 15) is 22.8 Å². The van der Waals surface area contributed by atoms with Gasteiger partial charge < -0.3 is 10.4 Å². The monoisotopic (exact) mass is 309 g/mol. The smallest absolute Gasteiger partial charge is 0.416 e. The number of hydrogen-bond acceptors (Lipinski definition) is 3. The standard InChI is InChI=1S/C15H10F3NO3/c16-15(17,18)10-2-1-3-11(7-10)19-13-5-4-9(8-20)6-12(13)14(21)22/h1-8,19H,(H,21,22). The van der Waals surface area contributed by atoms with Gasteiger partial charge in [0.25, 0.3) is 0 Å². The summed E-state index contributed by atoms with van der Waals surface area (Å²) in [5, 5.41) is 11.7. The zero-order valence-corrected chi connectivity index (χ0v) is 11.0. The predicted octanol–water partition coefficient (Wildman–Crippen LogP) is 3.96. The Kier molecular flexibility index (Phi) is 4.16. The molecule has 0 amide bonds. The highest BCUT2D eigenvalue weighted by Crippen LogP contribution is 2.32. The van der Waals surface area contributed by atoms with Crippen LogP contribution in [0.3, 0.4) is 0 Å². The van der Waals surface area contributed by atoms with Crippen molar-refractivity contribution in [1.82, 2.24) is 0 Å². The summed E-state index contributed by atoms with van der Waals surface area (Å²) in [5.41, 5.74) is -0.707. The zero-order chi connectivity index (χ0) is 16.3. The Balaban J connectivity index is 2.39. The third kappa shape index (κ3) is 3.43. The Morgan fingerprint density at radius 1 is 1.14 bits per heavy atom. The van der Waals surface area contributed by atoms with Gasteiger partial charge in [-0.15, -0.1) is 0 Å². The minimum absolute atomic E-state index is 0.0937. The van der Waals surface area contributed by atoms with Gasteiger partial charge in [-0.2, -0.15) is 13.2 Å². The lowest BCUT2D eigenvalue weighted by molar-refractivity contribution is -0.137. The molecule has 2 N–H and O–H groups in total. The predicted molar refractivity (Wildman–Crippen MR) is 73.5 cm³/mol. The Hall–Kier alpha value is -2.83. The van der Waals surface area contributed by atoms with Crippen molar-refractivity contribution in [1.29, 1.82) is 0 Å². The molecule has 0 aliphatic carbocycles. The van der Waals surface area contributed by atoms with Crippen molar-refractivity contribution in [2.24, 2.45) is 0 Å². The van der Waals surface area contributed by atoms with Gasteiger partial charge in [-0.25, -0.2) is 4.79 Å². The zero-order valence-electron chi connectivity index (χ0n) is 11.0. The molecule has 0 aliphatic heterocycles. The summed E-state index contributed by atoms with van der Waals surface area (Å²) in [6, 6.07) is 8.23. The van der Waals surface area contributed by atoms with Crippen LogP contribution in [0, 0.1) is 0 Å². The van der Waals surface area contributed by atoms with Crippen molar-refractivity contribution in [3.8, 4) is 0 Å². The number of carbonyl (C=O) groups is 2. The molecule has 0 atom stereocenters. The fourth-order valence-corrected chi connectivity index (χ4v) is 1.85. The van der Waals surface area contributed by atoms with Crippen molar-refractivity contribution in [3.63, 3.8) is 0 Å². The van der Waals surface area contributed by atoms with Crippen molar-refractivity contribution in [2.45, 2.75) is 6.18 Å². The summed E-state index contributed by atoms with van der Waals surface area (Å²) >= 11 is 0. The van der Waals surface area contributed by atoms with E-state index in [-0.39, 0.29) is 22.5 Å². The fraction of sp³-hybridized carbons (Fsp3) is 0.0667. The van der Waals surface area contributed by atoms with Crippen LogP contribution in [-0.4, -0.2) is 17.4 Å². The van der Waals surface area contributed by atoms with E-state index >= 15 is 0 Å². The first-order valence-electron chi connectivity index (χ1n) is 6.08. The number of carboxylic acid groups (broad SMARTS) is 1. The highest BCUT2D eigenvalue weighted by atomic mass is 19.4. The maximum atomic E-state index is 12.7. The molecule has 0 unspecified atom stereocenters. The van der Waals surface area contributed by atoms with Crippen LogP contribution in [0.1, 0.15) is 26.3 Å². The van der Waals surface area contributed by atoms with E-state index in [2.05, 4.69) is 5.32 Å². The quantitative estimate of drug-likeness (QED) is 0.839. The molecular weight excluding hydrogens is 299 g/mol. The van der Waals surface area contributed by atoms with Crippen LogP contribution in [0.15, 0.2) is 42.5 Å². The van der Waals surface area contributed by atoms with E-state index in [1.54, 1.807) is 0 Å². The van der Waals surface area contributed by atoms with Crippen LogP contribution >= 0.6 is 0 Å². The number of aldehydes is 1. The number of halogens is 3. The summed E-state index contributed by atoms with van der Waals surface area (Å²) in [4.78, 5) is 21.8. The van der Waals surface area contributed by atoms with E-state index in [4.69, 9.17) is 5.11 Å². The van der Waals surface area contributed by atoms with Crippen LogP contribution in [0.2, 0.25) is 0 Å². The van der Waals surface area contributed by atoms with Gasteiger partial charge in [0.2, 0.25) is 0 Å². The lowest BCUT2D eigenvalue weighted by atomic mass is 10.1. The summed E-state index contributed by atoms with van der Waals surface area (Å²) < 4.78 is 38.0. The largest absolute Gasteiger partial charge is 0.478 e. The highest BCUT2D eigenvalue weighted by Gasteiger charge is 2.30. The van der Waals surface area contributed by atoms with E-state index in [0.29, 0.717) is 6.29 Å². The molecule has 2 aromatic rings. The number of aromatic carboxylic acids is 1. The SMILES string of the molecule is O=Cc1ccc(Nc2cccc(C(F)(F)F)c2)c(C(=O)O)c1. The first kappa shape index (κ1) is 15.6. The molecule has 0 bridgehead atoms. The van der Waals surface area contributed by atoms with Crippen LogP contribution in [-0.2, 0) is 6.18 Å². The average Bonchev–Trinajstić information content (AvgIpc) is 2.47. The highest BCUT2D eigenvalue weighted by molar-refractivity contribution is 5.97. The Morgan fingerprint density at radius 2 is 1.86 bits per heavy atom. The second-order valence-corrected chi connectivity index (χ2v) is 4.43. The van der Waals surface area contributed by atoms with Gasteiger partial charge in [-0.05, 0) is 36.4 Å². The van der Waals surface area contributed by atoms with Gasteiger partial charge in [0.05, 0.1) is 16.8 Å². The topological polar surface area (TPSA) is 66.4 Å². The van der Waals surface area contributed by atoms with Gasteiger partial charge in [0.15, 0.2) is 0 Å². The number of nitrogens with one attached hydrogen (secondary N) is 1. The maximum Gasteiger partial charge on any atom is 0.416 e. The summed E-state index contributed by atoms with van der Waals surface area (Å²) in [6.07, 6.45) is -4.00. The second-order valence-electron chi connectivity index (χ2n) is 4.43. The first-order valence-corrected chi connectivity index (χ1v) is 6.08. The molecule has 0 saturated heterocycles. The molecule has 0 spiro atoms. The van der Waals surface area contributed by atoms with Gasteiger partial charge in [-0.3, -0.25) is 4.79 Å². The molecule has 0 aromatic heterocycles. The lowest BCUT2D eigenvalue weighted by Gasteiger charge is -2.12. The number of hydrogen-bond donors (Lipinski definition) is 2. The summed E-state index contributed by atoms with van der Waals surface area (Å²) in [6.45, 7) is 0. The molecule has 22 heavy (non-hydrogen) atoms. The number of anilines is 2. The third-order valence-corrected chi connectivity index (χ3v) is 2.88. The minimum Gasteiger partial charge on any atom is -0.478 e. The molecule has 0 radical (unpaired) electrons. The molecule has 4 nitrogen and oxygen atoms in total. The third-order valence-electron chi connectivity index (χ3n) is 2.88. The molecule has 7 heteroatoms. The van der Waals surface area contributed by atoms with E-state index in [1.165, 1.54) is 24.3 Å². The van der Waals surface area contributed by atoms with Gasteiger partial charge in [-0.1, -0.05) is 6.07 Å². The van der Waals surface area contributed by atoms with Crippen molar-refractivity contribution in [2.75, 3.05) is 5.32 Å².